The number of rotatable bonds is 7. The van der Waals surface area contributed by atoms with Gasteiger partial charge in [0.15, 0.2) is 0 Å². The monoisotopic (exact) mass is 322 g/mol. The van der Waals surface area contributed by atoms with Gasteiger partial charge in [0.1, 0.15) is 5.78 Å². The Morgan fingerprint density at radius 2 is 2.21 bits per heavy atom. The molecule has 24 heavy (non-hydrogen) atoms. The Morgan fingerprint density at radius 3 is 2.88 bits per heavy atom. The molecule has 2 aliphatic heterocycles. The highest BCUT2D eigenvalue weighted by Gasteiger charge is 2.27. The molecule has 3 rings (SSSR count). The summed E-state index contributed by atoms with van der Waals surface area (Å²) in [5.41, 5.74) is 4.97. The highest BCUT2D eigenvalue weighted by molar-refractivity contribution is 6.18. The van der Waals surface area contributed by atoms with Crippen LogP contribution in [0.25, 0.3) is 0 Å². The minimum absolute atomic E-state index is 0.190. The first-order valence-corrected chi connectivity index (χ1v) is 8.47. The predicted molar refractivity (Wildman–Crippen MR) is 96.7 cm³/mol. The van der Waals surface area contributed by atoms with Crippen molar-refractivity contribution in [1.29, 1.82) is 0 Å². The van der Waals surface area contributed by atoms with E-state index in [4.69, 9.17) is 0 Å². The Bertz CT molecular complexity index is 744. The molecule has 3 heterocycles. The Labute approximate surface area is 142 Å². The maximum Gasteiger partial charge on any atom is 0.138 e. The molecule has 1 unspecified atom stereocenters. The minimum atomic E-state index is 0.190. The average Bonchev–Trinajstić information content (AvgIpc) is 3.19. The van der Waals surface area contributed by atoms with Gasteiger partial charge in [-0.3, -0.25) is 14.8 Å². The van der Waals surface area contributed by atoms with E-state index >= 15 is 0 Å². The second-order valence-corrected chi connectivity index (χ2v) is 6.22. The van der Waals surface area contributed by atoms with Crippen LogP contribution in [0.3, 0.4) is 0 Å². The van der Waals surface area contributed by atoms with Crippen molar-refractivity contribution < 1.29 is 4.79 Å². The molecule has 0 saturated heterocycles. The topological polar surface area (TPSA) is 67.0 Å². The zero-order chi connectivity index (χ0) is 16.9. The van der Waals surface area contributed by atoms with Crippen LogP contribution in [0.1, 0.15) is 51.5 Å². The van der Waals surface area contributed by atoms with Gasteiger partial charge in [-0.05, 0) is 31.9 Å². The second kappa shape index (κ2) is 7.43. The van der Waals surface area contributed by atoms with Crippen molar-refractivity contribution in [2.75, 3.05) is 0 Å². The SMILES string of the molecule is CCC1C(CCC(=O)CC2=NC(C)=CC2)=NN=C1c1cccnc1. The second-order valence-electron chi connectivity index (χ2n) is 6.22. The number of allylic oxidation sites excluding steroid dienone is 2. The third kappa shape index (κ3) is 3.72. The Morgan fingerprint density at radius 1 is 1.33 bits per heavy atom. The molecule has 1 atom stereocenters. The van der Waals surface area contributed by atoms with Crippen LogP contribution >= 0.6 is 0 Å². The van der Waals surface area contributed by atoms with Gasteiger partial charge < -0.3 is 0 Å². The van der Waals surface area contributed by atoms with Gasteiger partial charge in [0.25, 0.3) is 0 Å². The van der Waals surface area contributed by atoms with Gasteiger partial charge in [-0.1, -0.05) is 13.0 Å². The van der Waals surface area contributed by atoms with Crippen molar-refractivity contribution in [1.82, 2.24) is 4.98 Å². The third-order valence-electron chi connectivity index (χ3n) is 4.41. The molecule has 0 radical (unpaired) electrons. The van der Waals surface area contributed by atoms with E-state index in [1.807, 2.05) is 25.3 Å². The highest BCUT2D eigenvalue weighted by atomic mass is 16.1. The number of hydrogen-bond donors (Lipinski definition) is 0. The van der Waals surface area contributed by atoms with Gasteiger partial charge in [0.05, 0.1) is 11.4 Å². The number of carbonyl (C=O) groups excluding carboxylic acids is 1. The van der Waals surface area contributed by atoms with Crippen LogP contribution in [0.2, 0.25) is 0 Å². The molecule has 5 nitrogen and oxygen atoms in total. The number of ketones is 1. The van der Waals surface area contributed by atoms with E-state index < -0.39 is 0 Å². The summed E-state index contributed by atoms with van der Waals surface area (Å²) in [5, 5.41) is 8.70. The smallest absolute Gasteiger partial charge is 0.138 e. The molecule has 0 aromatic carbocycles. The normalized spacial score (nSPS) is 19.7. The molecular formula is C19H22N4O. The summed E-state index contributed by atoms with van der Waals surface area (Å²) >= 11 is 0. The van der Waals surface area contributed by atoms with Crippen LogP contribution in [0.15, 0.2) is 51.5 Å². The van der Waals surface area contributed by atoms with E-state index in [9.17, 15) is 4.79 Å². The molecule has 0 spiro atoms. The van der Waals surface area contributed by atoms with Crippen LogP contribution in [-0.4, -0.2) is 27.9 Å². The zero-order valence-electron chi connectivity index (χ0n) is 14.2. The van der Waals surface area contributed by atoms with Crippen LogP contribution in [0, 0.1) is 5.92 Å². The molecule has 0 fully saturated rings. The Balaban J connectivity index is 1.55. The molecular weight excluding hydrogens is 300 g/mol. The molecule has 5 heteroatoms. The van der Waals surface area contributed by atoms with Crippen molar-refractivity contribution in [2.45, 2.75) is 46.0 Å². The molecule has 0 N–H and O–H groups in total. The van der Waals surface area contributed by atoms with Gasteiger partial charge in [0.2, 0.25) is 0 Å². The highest BCUT2D eigenvalue weighted by Crippen LogP contribution is 2.23. The fourth-order valence-electron chi connectivity index (χ4n) is 3.14. The summed E-state index contributed by atoms with van der Waals surface area (Å²) in [6.45, 7) is 4.09. The summed E-state index contributed by atoms with van der Waals surface area (Å²) < 4.78 is 0. The number of pyridine rings is 1. The third-order valence-corrected chi connectivity index (χ3v) is 4.41. The van der Waals surface area contributed by atoms with E-state index in [0.717, 1.165) is 41.2 Å². The van der Waals surface area contributed by atoms with Gasteiger partial charge in [0, 0.05) is 54.5 Å². The summed E-state index contributed by atoms with van der Waals surface area (Å²) in [5.74, 6) is 0.416. The number of aromatic nitrogens is 1. The predicted octanol–water partition coefficient (Wildman–Crippen LogP) is 3.75. The molecule has 1 aromatic heterocycles. The number of hydrogen-bond acceptors (Lipinski definition) is 5. The molecule has 0 bridgehead atoms. The van der Waals surface area contributed by atoms with Crippen molar-refractivity contribution >= 4 is 22.9 Å². The summed E-state index contributed by atoms with van der Waals surface area (Å²) in [6, 6.07) is 3.91. The maximum absolute atomic E-state index is 12.2. The van der Waals surface area contributed by atoms with Crippen LogP contribution in [0.4, 0.5) is 0 Å². The fraction of sp³-hybridized carbons (Fsp3) is 0.421. The largest absolute Gasteiger partial charge is 0.299 e. The van der Waals surface area contributed by atoms with Crippen molar-refractivity contribution in [3.63, 3.8) is 0 Å². The number of aliphatic imine (C=N–C) groups is 1. The lowest BCUT2D eigenvalue weighted by Gasteiger charge is -2.13. The van der Waals surface area contributed by atoms with E-state index in [1.54, 1.807) is 6.20 Å². The van der Waals surface area contributed by atoms with Crippen LogP contribution < -0.4 is 0 Å². The first-order chi connectivity index (χ1) is 11.7. The summed E-state index contributed by atoms with van der Waals surface area (Å²) in [6.07, 6.45) is 8.99. The fourth-order valence-corrected chi connectivity index (χ4v) is 3.14. The van der Waals surface area contributed by atoms with Gasteiger partial charge in [-0.15, -0.1) is 0 Å². The Kier molecular flexibility index (Phi) is 5.08. The molecule has 2 aliphatic rings. The summed E-state index contributed by atoms with van der Waals surface area (Å²) in [4.78, 5) is 20.7. The first kappa shape index (κ1) is 16.4. The first-order valence-electron chi connectivity index (χ1n) is 8.47. The maximum atomic E-state index is 12.2. The minimum Gasteiger partial charge on any atom is -0.299 e. The number of Topliss-reactive ketones (excluding diaryl/α,β-unsaturated/α-hetero) is 1. The molecule has 1 aromatic rings. The molecule has 0 aliphatic carbocycles. The van der Waals surface area contributed by atoms with Crippen LogP contribution in [-0.2, 0) is 4.79 Å². The standard InChI is InChI=1S/C19H22N4O/c1-3-17-18(22-23-19(17)14-5-4-10-20-12-14)9-8-16(24)11-15-7-6-13(2)21-15/h4-6,10,12,17H,3,7-9,11H2,1-2H3. The molecule has 0 saturated carbocycles. The van der Waals surface area contributed by atoms with Gasteiger partial charge in [-0.2, -0.15) is 10.2 Å². The van der Waals surface area contributed by atoms with Crippen LogP contribution in [0.5, 0.6) is 0 Å². The van der Waals surface area contributed by atoms with Crippen molar-refractivity contribution in [3.05, 3.63) is 41.9 Å². The van der Waals surface area contributed by atoms with Crippen molar-refractivity contribution in [3.8, 4) is 0 Å². The van der Waals surface area contributed by atoms with E-state index in [-0.39, 0.29) is 11.7 Å². The van der Waals surface area contributed by atoms with Gasteiger partial charge >= 0.3 is 0 Å². The number of carbonyl (C=O) groups is 1. The Hall–Kier alpha value is -2.43. The molecule has 124 valence electrons. The average molecular weight is 322 g/mol. The molecule has 0 amide bonds. The van der Waals surface area contributed by atoms with Gasteiger partial charge in [-0.25, -0.2) is 0 Å². The van der Waals surface area contributed by atoms with E-state index in [0.29, 0.717) is 19.3 Å². The van der Waals surface area contributed by atoms with Crippen molar-refractivity contribution in [2.24, 2.45) is 21.1 Å². The lowest BCUT2D eigenvalue weighted by Crippen LogP contribution is -2.21. The zero-order valence-corrected chi connectivity index (χ0v) is 14.2. The lowest BCUT2D eigenvalue weighted by molar-refractivity contribution is -0.117. The van der Waals surface area contributed by atoms with E-state index in [1.165, 1.54) is 0 Å². The van der Waals surface area contributed by atoms with E-state index in [2.05, 4.69) is 33.2 Å². The summed E-state index contributed by atoms with van der Waals surface area (Å²) in [7, 11) is 0. The lowest BCUT2D eigenvalue weighted by atomic mass is 9.89. The number of nitrogens with zero attached hydrogens (tertiary/aromatic N) is 4. The quantitative estimate of drug-likeness (QED) is 0.767.